The summed E-state index contributed by atoms with van der Waals surface area (Å²) < 4.78 is 10.3. The second-order valence-corrected chi connectivity index (χ2v) is 7.00. The standard InChI is InChI=1S/C24H18N2O6/c1-31-21-8-3-2-7-19(21)26-22(28)17-10-9-15(12-18(17)23(26)29)24(30)32-13-20(27)14-5-4-6-16(25)11-14/h2-12H,13,25H2,1H3. The minimum atomic E-state index is -0.791. The zero-order valence-corrected chi connectivity index (χ0v) is 17.0. The van der Waals surface area contributed by atoms with Gasteiger partial charge in [0, 0.05) is 11.3 Å². The number of benzene rings is 3. The van der Waals surface area contributed by atoms with Crippen molar-refractivity contribution in [3.63, 3.8) is 0 Å². The minimum absolute atomic E-state index is 0.0483. The summed E-state index contributed by atoms with van der Waals surface area (Å²) in [5.74, 6) is -1.95. The number of esters is 1. The zero-order chi connectivity index (χ0) is 22.8. The Morgan fingerprint density at radius 1 is 0.875 bits per heavy atom. The molecule has 0 atom stereocenters. The van der Waals surface area contributed by atoms with E-state index in [9.17, 15) is 19.2 Å². The first-order valence-corrected chi connectivity index (χ1v) is 9.62. The highest BCUT2D eigenvalue weighted by Gasteiger charge is 2.38. The third-order valence-electron chi connectivity index (χ3n) is 4.99. The molecule has 0 unspecified atom stereocenters. The largest absolute Gasteiger partial charge is 0.495 e. The second-order valence-electron chi connectivity index (χ2n) is 7.00. The van der Waals surface area contributed by atoms with E-state index in [0.717, 1.165) is 4.90 Å². The maximum atomic E-state index is 13.0. The molecule has 8 nitrogen and oxygen atoms in total. The van der Waals surface area contributed by atoms with E-state index in [-0.39, 0.29) is 16.7 Å². The van der Waals surface area contributed by atoms with Crippen LogP contribution in [0.15, 0.2) is 66.7 Å². The van der Waals surface area contributed by atoms with Crippen molar-refractivity contribution in [2.75, 3.05) is 24.4 Å². The van der Waals surface area contributed by atoms with Gasteiger partial charge in [0.05, 0.1) is 29.5 Å². The van der Waals surface area contributed by atoms with Crippen LogP contribution in [0, 0.1) is 0 Å². The maximum absolute atomic E-state index is 13.0. The molecule has 4 rings (SSSR count). The number of nitrogen functional groups attached to an aromatic ring is 1. The molecule has 1 heterocycles. The molecule has 0 fully saturated rings. The molecule has 32 heavy (non-hydrogen) atoms. The van der Waals surface area contributed by atoms with Gasteiger partial charge in [-0.1, -0.05) is 24.3 Å². The van der Waals surface area contributed by atoms with E-state index < -0.39 is 30.2 Å². The summed E-state index contributed by atoms with van der Waals surface area (Å²) in [7, 11) is 1.44. The van der Waals surface area contributed by atoms with Crippen LogP contribution in [-0.4, -0.2) is 37.3 Å². The van der Waals surface area contributed by atoms with Crippen molar-refractivity contribution in [1.82, 2.24) is 0 Å². The number of ether oxygens (including phenoxy) is 2. The van der Waals surface area contributed by atoms with Crippen molar-refractivity contribution >= 4 is 34.9 Å². The first-order chi connectivity index (χ1) is 15.4. The Kier molecular flexibility index (Phi) is 5.43. The van der Waals surface area contributed by atoms with E-state index in [1.165, 1.54) is 31.4 Å². The van der Waals surface area contributed by atoms with Gasteiger partial charge < -0.3 is 15.2 Å². The molecule has 2 N–H and O–H groups in total. The van der Waals surface area contributed by atoms with Gasteiger partial charge in [-0.3, -0.25) is 14.4 Å². The minimum Gasteiger partial charge on any atom is -0.495 e. The van der Waals surface area contributed by atoms with Crippen LogP contribution in [0.3, 0.4) is 0 Å². The Hall–Kier alpha value is -4.46. The molecule has 8 heteroatoms. The van der Waals surface area contributed by atoms with Gasteiger partial charge in [-0.2, -0.15) is 0 Å². The number of hydrogen-bond acceptors (Lipinski definition) is 7. The summed E-state index contributed by atoms with van der Waals surface area (Å²) in [4.78, 5) is 51.5. The Bertz CT molecular complexity index is 1270. The summed E-state index contributed by atoms with van der Waals surface area (Å²) in [5.41, 5.74) is 6.98. The Morgan fingerprint density at radius 3 is 2.38 bits per heavy atom. The Morgan fingerprint density at radius 2 is 1.62 bits per heavy atom. The van der Waals surface area contributed by atoms with Crippen LogP contribution in [0.1, 0.15) is 41.4 Å². The van der Waals surface area contributed by atoms with E-state index >= 15 is 0 Å². The molecule has 160 valence electrons. The van der Waals surface area contributed by atoms with Crippen LogP contribution in [0.5, 0.6) is 5.75 Å². The molecule has 0 aliphatic carbocycles. The average Bonchev–Trinajstić information content (AvgIpc) is 3.06. The summed E-state index contributed by atoms with van der Waals surface area (Å²) in [6.45, 7) is -0.487. The summed E-state index contributed by atoms with van der Waals surface area (Å²) in [6, 6.07) is 17.0. The van der Waals surface area contributed by atoms with E-state index in [0.29, 0.717) is 22.7 Å². The van der Waals surface area contributed by atoms with Crippen LogP contribution < -0.4 is 15.4 Å². The summed E-state index contributed by atoms with van der Waals surface area (Å²) in [5, 5.41) is 0. The van der Waals surface area contributed by atoms with E-state index in [1.54, 1.807) is 42.5 Å². The topological polar surface area (TPSA) is 116 Å². The van der Waals surface area contributed by atoms with Crippen molar-refractivity contribution in [3.8, 4) is 5.75 Å². The van der Waals surface area contributed by atoms with Gasteiger partial charge in [0.25, 0.3) is 11.8 Å². The highest BCUT2D eigenvalue weighted by molar-refractivity contribution is 6.35. The number of anilines is 2. The molecule has 0 saturated carbocycles. The molecule has 0 bridgehead atoms. The SMILES string of the molecule is COc1ccccc1N1C(=O)c2ccc(C(=O)OCC(=O)c3cccc(N)c3)cc2C1=O. The predicted octanol–water partition coefficient (Wildman–Crippen LogP) is 3.12. The van der Waals surface area contributed by atoms with Crippen molar-refractivity contribution in [1.29, 1.82) is 0 Å². The fourth-order valence-electron chi connectivity index (χ4n) is 3.41. The molecule has 1 aliphatic heterocycles. The molecule has 0 saturated heterocycles. The molecule has 0 aromatic heterocycles. The number of ketones is 1. The van der Waals surface area contributed by atoms with E-state index in [1.807, 2.05) is 0 Å². The van der Waals surface area contributed by atoms with Crippen LogP contribution in [0.4, 0.5) is 11.4 Å². The maximum Gasteiger partial charge on any atom is 0.338 e. The van der Waals surface area contributed by atoms with Gasteiger partial charge in [0.15, 0.2) is 12.4 Å². The first kappa shape index (κ1) is 20.8. The number of imide groups is 1. The van der Waals surface area contributed by atoms with Crippen molar-refractivity contribution in [2.45, 2.75) is 0 Å². The first-order valence-electron chi connectivity index (χ1n) is 9.62. The fraction of sp³-hybridized carbons (Fsp3) is 0.0833. The number of para-hydroxylation sites is 2. The smallest absolute Gasteiger partial charge is 0.338 e. The number of amides is 2. The number of fused-ring (bicyclic) bond motifs is 1. The van der Waals surface area contributed by atoms with Gasteiger partial charge in [0.1, 0.15) is 5.75 Å². The highest BCUT2D eigenvalue weighted by atomic mass is 16.5. The number of hydrogen-bond donors (Lipinski definition) is 1. The fourth-order valence-corrected chi connectivity index (χ4v) is 3.41. The molecule has 3 aromatic carbocycles. The normalized spacial score (nSPS) is 12.5. The number of carbonyl (C=O) groups is 4. The molecule has 1 aliphatic rings. The quantitative estimate of drug-likeness (QED) is 0.276. The molecular formula is C24H18N2O6. The number of nitrogens with two attached hydrogens (primary N) is 1. The van der Waals surface area contributed by atoms with Crippen molar-refractivity contribution in [2.24, 2.45) is 0 Å². The number of rotatable bonds is 6. The molecule has 3 aromatic rings. The predicted molar refractivity (Wildman–Crippen MR) is 116 cm³/mol. The summed E-state index contributed by atoms with van der Waals surface area (Å²) in [6.07, 6.45) is 0. The number of methoxy groups -OCH3 is 1. The van der Waals surface area contributed by atoms with Crippen LogP contribution in [0.2, 0.25) is 0 Å². The molecule has 0 radical (unpaired) electrons. The van der Waals surface area contributed by atoms with E-state index in [2.05, 4.69) is 0 Å². The second kappa shape index (κ2) is 8.35. The van der Waals surface area contributed by atoms with Crippen molar-refractivity contribution in [3.05, 3.63) is 89.0 Å². The van der Waals surface area contributed by atoms with Gasteiger partial charge >= 0.3 is 5.97 Å². The molecule has 2 amide bonds. The van der Waals surface area contributed by atoms with Gasteiger partial charge in [0.2, 0.25) is 0 Å². The van der Waals surface area contributed by atoms with Crippen molar-refractivity contribution < 1.29 is 28.7 Å². The lowest BCUT2D eigenvalue weighted by molar-refractivity contribution is 0.0474. The van der Waals surface area contributed by atoms with Gasteiger partial charge in [-0.15, -0.1) is 0 Å². The van der Waals surface area contributed by atoms with E-state index in [4.69, 9.17) is 15.2 Å². The molecule has 0 spiro atoms. The summed E-state index contributed by atoms with van der Waals surface area (Å²) >= 11 is 0. The monoisotopic (exact) mass is 430 g/mol. The lowest BCUT2D eigenvalue weighted by atomic mass is 10.1. The lowest BCUT2D eigenvalue weighted by Gasteiger charge is -2.16. The van der Waals surface area contributed by atoms with Gasteiger partial charge in [-0.25, -0.2) is 9.69 Å². The Balaban J connectivity index is 1.53. The average molecular weight is 430 g/mol. The molecular weight excluding hydrogens is 412 g/mol. The number of Topliss-reactive ketones (excluding diaryl/α,β-unsaturated/α-hetero) is 1. The Labute approximate surface area is 183 Å². The highest BCUT2D eigenvalue weighted by Crippen LogP contribution is 2.34. The third-order valence-corrected chi connectivity index (χ3v) is 4.99. The van der Waals surface area contributed by atoms with Crippen LogP contribution in [0.25, 0.3) is 0 Å². The third kappa shape index (κ3) is 3.69. The lowest BCUT2D eigenvalue weighted by Crippen LogP contribution is -2.29. The number of carbonyl (C=O) groups excluding carboxylic acids is 4. The van der Waals surface area contributed by atoms with Gasteiger partial charge in [-0.05, 0) is 42.5 Å². The number of nitrogens with zero attached hydrogens (tertiary/aromatic N) is 1. The zero-order valence-electron chi connectivity index (χ0n) is 17.0. The van der Waals surface area contributed by atoms with Crippen LogP contribution >= 0.6 is 0 Å². The van der Waals surface area contributed by atoms with Crippen LogP contribution in [-0.2, 0) is 4.74 Å².